The molecule has 1 aliphatic carbocycles. The molecule has 0 spiro atoms. The molecule has 1 saturated carbocycles. The van der Waals surface area contributed by atoms with Crippen molar-refractivity contribution in [3.05, 3.63) is 23.9 Å². The summed E-state index contributed by atoms with van der Waals surface area (Å²) in [6.45, 7) is 1.77. The Morgan fingerprint density at radius 1 is 1.44 bits per heavy atom. The van der Waals surface area contributed by atoms with Crippen LogP contribution < -0.4 is 0 Å². The zero-order valence-corrected chi connectivity index (χ0v) is 10.5. The van der Waals surface area contributed by atoms with Gasteiger partial charge < -0.3 is 5.11 Å². The summed E-state index contributed by atoms with van der Waals surface area (Å²) >= 11 is 1.85. The van der Waals surface area contributed by atoms with Gasteiger partial charge in [-0.05, 0) is 37.3 Å². The molecule has 1 aromatic heterocycles. The third-order valence-electron chi connectivity index (χ3n) is 3.18. The van der Waals surface area contributed by atoms with Crippen LogP contribution in [0.25, 0.3) is 0 Å². The lowest BCUT2D eigenvalue weighted by atomic mass is 10.1. The SMILES string of the molecule is C[C@@H](O)c1ccc(SCC2CCCC2)nc1. The first-order valence-corrected chi connectivity index (χ1v) is 7.01. The van der Waals surface area contributed by atoms with Gasteiger partial charge in [-0.15, -0.1) is 11.8 Å². The zero-order valence-electron chi connectivity index (χ0n) is 9.72. The van der Waals surface area contributed by atoms with E-state index in [1.54, 1.807) is 13.1 Å². The van der Waals surface area contributed by atoms with Crippen LogP contribution in [0.5, 0.6) is 0 Å². The summed E-state index contributed by atoms with van der Waals surface area (Å²) in [6, 6.07) is 3.98. The van der Waals surface area contributed by atoms with Crippen LogP contribution in [0.15, 0.2) is 23.4 Å². The first kappa shape index (κ1) is 11.9. The Morgan fingerprint density at radius 2 is 2.19 bits per heavy atom. The van der Waals surface area contributed by atoms with Crippen molar-refractivity contribution in [2.24, 2.45) is 5.92 Å². The van der Waals surface area contributed by atoms with Gasteiger partial charge in [0.2, 0.25) is 0 Å². The molecule has 0 amide bonds. The largest absolute Gasteiger partial charge is 0.389 e. The van der Waals surface area contributed by atoms with E-state index in [9.17, 15) is 5.11 Å². The molecule has 0 radical (unpaired) electrons. The fourth-order valence-corrected chi connectivity index (χ4v) is 3.14. The van der Waals surface area contributed by atoms with E-state index in [1.807, 2.05) is 23.9 Å². The number of pyridine rings is 1. The topological polar surface area (TPSA) is 33.1 Å². The summed E-state index contributed by atoms with van der Waals surface area (Å²) in [7, 11) is 0. The second-order valence-corrected chi connectivity index (χ2v) is 5.61. The summed E-state index contributed by atoms with van der Waals surface area (Å²) in [5, 5.41) is 10.5. The number of aliphatic hydroxyl groups is 1. The van der Waals surface area contributed by atoms with E-state index in [2.05, 4.69) is 4.98 Å². The average molecular weight is 237 g/mol. The zero-order chi connectivity index (χ0) is 11.4. The molecule has 0 bridgehead atoms. The van der Waals surface area contributed by atoms with Gasteiger partial charge >= 0.3 is 0 Å². The highest BCUT2D eigenvalue weighted by Gasteiger charge is 2.15. The summed E-state index contributed by atoms with van der Waals surface area (Å²) in [5.41, 5.74) is 0.894. The van der Waals surface area contributed by atoms with Gasteiger partial charge in [-0.3, -0.25) is 0 Å². The molecule has 1 heterocycles. The fraction of sp³-hybridized carbons (Fsp3) is 0.615. The minimum Gasteiger partial charge on any atom is -0.389 e. The Bertz CT molecular complexity index is 317. The lowest BCUT2D eigenvalue weighted by Crippen LogP contribution is -1.97. The molecule has 0 unspecified atom stereocenters. The van der Waals surface area contributed by atoms with E-state index in [-0.39, 0.29) is 0 Å². The number of rotatable bonds is 4. The van der Waals surface area contributed by atoms with Gasteiger partial charge in [-0.25, -0.2) is 4.98 Å². The van der Waals surface area contributed by atoms with Gasteiger partial charge in [-0.1, -0.05) is 18.9 Å². The van der Waals surface area contributed by atoms with Gasteiger partial charge in [0.05, 0.1) is 11.1 Å². The minimum absolute atomic E-state index is 0.415. The van der Waals surface area contributed by atoms with Gasteiger partial charge in [0.25, 0.3) is 0 Å². The molecule has 88 valence electrons. The van der Waals surface area contributed by atoms with Gasteiger partial charge in [0.15, 0.2) is 0 Å². The number of aromatic nitrogens is 1. The monoisotopic (exact) mass is 237 g/mol. The Labute approximate surface area is 101 Å². The van der Waals surface area contributed by atoms with Crippen LogP contribution in [0.2, 0.25) is 0 Å². The molecule has 0 aromatic carbocycles. The Balaban J connectivity index is 1.84. The van der Waals surface area contributed by atoms with Crippen molar-refractivity contribution in [2.45, 2.75) is 43.7 Å². The van der Waals surface area contributed by atoms with E-state index in [0.717, 1.165) is 16.5 Å². The van der Waals surface area contributed by atoms with Gasteiger partial charge in [0.1, 0.15) is 0 Å². The van der Waals surface area contributed by atoms with E-state index >= 15 is 0 Å². The highest BCUT2D eigenvalue weighted by Crippen LogP contribution is 2.30. The molecule has 16 heavy (non-hydrogen) atoms. The van der Waals surface area contributed by atoms with E-state index in [1.165, 1.54) is 31.4 Å². The van der Waals surface area contributed by atoms with Crippen LogP contribution in [-0.4, -0.2) is 15.8 Å². The van der Waals surface area contributed by atoms with Crippen molar-refractivity contribution in [3.8, 4) is 0 Å². The summed E-state index contributed by atoms with van der Waals surface area (Å²) in [4.78, 5) is 4.36. The smallest absolute Gasteiger partial charge is 0.0960 e. The van der Waals surface area contributed by atoms with E-state index in [4.69, 9.17) is 0 Å². The van der Waals surface area contributed by atoms with Crippen molar-refractivity contribution in [3.63, 3.8) is 0 Å². The Hall–Kier alpha value is -0.540. The normalized spacial score (nSPS) is 18.9. The minimum atomic E-state index is -0.415. The van der Waals surface area contributed by atoms with Gasteiger partial charge in [0, 0.05) is 11.9 Å². The third kappa shape index (κ3) is 3.22. The van der Waals surface area contributed by atoms with Crippen LogP contribution in [0.3, 0.4) is 0 Å². The van der Waals surface area contributed by atoms with Crippen LogP contribution in [0.4, 0.5) is 0 Å². The van der Waals surface area contributed by atoms with Crippen molar-refractivity contribution in [1.82, 2.24) is 4.98 Å². The lowest BCUT2D eigenvalue weighted by Gasteiger charge is -2.08. The second kappa shape index (κ2) is 5.69. The molecular weight excluding hydrogens is 218 g/mol. The fourth-order valence-electron chi connectivity index (χ4n) is 2.10. The first-order chi connectivity index (χ1) is 7.75. The maximum absolute atomic E-state index is 9.37. The number of hydrogen-bond donors (Lipinski definition) is 1. The molecule has 1 atom stereocenters. The lowest BCUT2D eigenvalue weighted by molar-refractivity contribution is 0.198. The summed E-state index contributed by atoms with van der Waals surface area (Å²) < 4.78 is 0. The summed E-state index contributed by atoms with van der Waals surface area (Å²) in [6.07, 6.45) is 6.94. The number of hydrogen-bond acceptors (Lipinski definition) is 3. The highest BCUT2D eigenvalue weighted by atomic mass is 32.2. The molecule has 0 aliphatic heterocycles. The molecule has 1 aromatic rings. The molecule has 2 rings (SSSR count). The number of thioether (sulfide) groups is 1. The quantitative estimate of drug-likeness (QED) is 0.815. The summed E-state index contributed by atoms with van der Waals surface area (Å²) in [5.74, 6) is 2.09. The molecular formula is C13H19NOS. The highest BCUT2D eigenvalue weighted by molar-refractivity contribution is 7.99. The van der Waals surface area contributed by atoms with Gasteiger partial charge in [-0.2, -0.15) is 0 Å². The van der Waals surface area contributed by atoms with Crippen LogP contribution in [0, 0.1) is 5.92 Å². The predicted molar refractivity (Wildman–Crippen MR) is 67.6 cm³/mol. The second-order valence-electron chi connectivity index (χ2n) is 4.57. The van der Waals surface area contributed by atoms with Crippen molar-refractivity contribution in [1.29, 1.82) is 0 Å². The van der Waals surface area contributed by atoms with Crippen LogP contribution in [-0.2, 0) is 0 Å². The molecule has 3 heteroatoms. The number of nitrogens with zero attached hydrogens (tertiary/aromatic N) is 1. The third-order valence-corrected chi connectivity index (χ3v) is 4.36. The molecule has 0 saturated heterocycles. The predicted octanol–water partition coefficient (Wildman–Crippen LogP) is 3.42. The average Bonchev–Trinajstić information content (AvgIpc) is 2.80. The standard InChI is InChI=1S/C13H19NOS/c1-10(15)12-6-7-13(14-8-12)16-9-11-4-2-3-5-11/h6-8,10-11,15H,2-5,9H2,1H3/t10-/m1/s1. The molecule has 1 aliphatic rings. The number of aliphatic hydroxyl groups excluding tert-OH is 1. The molecule has 1 fully saturated rings. The first-order valence-electron chi connectivity index (χ1n) is 6.02. The Kier molecular flexibility index (Phi) is 4.24. The maximum atomic E-state index is 9.37. The Morgan fingerprint density at radius 3 is 2.75 bits per heavy atom. The van der Waals surface area contributed by atoms with Crippen LogP contribution in [0.1, 0.15) is 44.3 Å². The van der Waals surface area contributed by atoms with E-state index in [0.29, 0.717) is 0 Å². The van der Waals surface area contributed by atoms with Crippen LogP contribution >= 0.6 is 11.8 Å². The van der Waals surface area contributed by atoms with Crippen molar-refractivity contribution >= 4 is 11.8 Å². The molecule has 1 N–H and O–H groups in total. The maximum Gasteiger partial charge on any atom is 0.0960 e. The van der Waals surface area contributed by atoms with Crippen molar-refractivity contribution in [2.75, 3.05) is 5.75 Å². The molecule has 2 nitrogen and oxygen atoms in total. The van der Waals surface area contributed by atoms with Crippen molar-refractivity contribution < 1.29 is 5.11 Å². The van der Waals surface area contributed by atoms with E-state index < -0.39 is 6.10 Å².